The van der Waals surface area contributed by atoms with Crippen LogP contribution in [0.5, 0.6) is 5.75 Å². The zero-order chi connectivity index (χ0) is 23.1. The molecule has 9 nitrogen and oxygen atoms in total. The molecule has 4 aromatic rings. The molecule has 166 valence electrons. The van der Waals surface area contributed by atoms with Crippen LogP contribution in [-0.2, 0) is 5.79 Å². The van der Waals surface area contributed by atoms with E-state index in [1.54, 1.807) is 25.1 Å². The number of ether oxygens (including phenoxy) is 1. The largest absolute Gasteiger partial charge is 0.493 e. The molecule has 0 saturated heterocycles. The van der Waals surface area contributed by atoms with Crippen molar-refractivity contribution in [1.82, 2.24) is 25.4 Å². The molecule has 0 spiro atoms. The van der Waals surface area contributed by atoms with Gasteiger partial charge in [0.05, 0.1) is 12.2 Å². The average molecular weight is 447 g/mol. The molecule has 2 aromatic carbocycles. The Labute approximate surface area is 177 Å². The standard InChI is InChI=1S/C20H16F3N5O4/c1-2-32-14-9-11(10-3-6-12(7-4-10)19(30,31)20(21,22)23)5-8-13(14)16-24-17-15(18(29)25-16)26-28-27-17/h3-9,30-31H,2H2,1H3,(H2,24,25,26,27,28,29). The van der Waals surface area contributed by atoms with E-state index in [2.05, 4.69) is 25.4 Å². The molecule has 0 bridgehead atoms. The Bertz CT molecular complexity index is 1330. The Balaban J connectivity index is 1.74. The molecule has 0 aliphatic rings. The number of benzene rings is 2. The van der Waals surface area contributed by atoms with Crippen LogP contribution in [0.15, 0.2) is 47.3 Å². The van der Waals surface area contributed by atoms with Gasteiger partial charge in [0.25, 0.3) is 11.3 Å². The number of aliphatic hydroxyl groups is 2. The van der Waals surface area contributed by atoms with Crippen LogP contribution in [0.1, 0.15) is 12.5 Å². The van der Waals surface area contributed by atoms with Crippen molar-refractivity contribution in [2.24, 2.45) is 0 Å². The van der Waals surface area contributed by atoms with E-state index < -0.39 is 23.1 Å². The molecular formula is C20H16F3N5O4. The van der Waals surface area contributed by atoms with Crippen LogP contribution in [-0.4, -0.2) is 48.4 Å². The summed E-state index contributed by atoms with van der Waals surface area (Å²) in [7, 11) is 0. The van der Waals surface area contributed by atoms with Gasteiger partial charge in [-0.2, -0.15) is 13.2 Å². The van der Waals surface area contributed by atoms with Gasteiger partial charge >= 0.3 is 6.18 Å². The first-order valence-electron chi connectivity index (χ1n) is 9.32. The Hall–Kier alpha value is -3.77. The molecule has 2 aromatic heterocycles. The normalized spacial score (nSPS) is 12.3. The number of hydrogen-bond donors (Lipinski definition) is 4. The van der Waals surface area contributed by atoms with Crippen LogP contribution in [0.2, 0.25) is 0 Å². The van der Waals surface area contributed by atoms with Gasteiger partial charge in [-0.3, -0.25) is 4.79 Å². The van der Waals surface area contributed by atoms with E-state index in [1.807, 2.05) is 0 Å². The molecule has 0 unspecified atom stereocenters. The van der Waals surface area contributed by atoms with Crippen LogP contribution in [0.3, 0.4) is 0 Å². The lowest BCUT2D eigenvalue weighted by molar-refractivity contribution is -0.358. The van der Waals surface area contributed by atoms with Gasteiger partial charge in [-0.1, -0.05) is 35.5 Å². The topological polar surface area (TPSA) is 137 Å². The van der Waals surface area contributed by atoms with Crippen LogP contribution in [0.4, 0.5) is 13.2 Å². The monoisotopic (exact) mass is 447 g/mol. The number of aromatic amines is 2. The molecule has 32 heavy (non-hydrogen) atoms. The molecule has 0 atom stereocenters. The van der Waals surface area contributed by atoms with Crippen LogP contribution in [0.25, 0.3) is 33.7 Å². The maximum atomic E-state index is 12.8. The van der Waals surface area contributed by atoms with E-state index in [-0.39, 0.29) is 17.0 Å². The van der Waals surface area contributed by atoms with Crippen LogP contribution >= 0.6 is 0 Å². The van der Waals surface area contributed by atoms with Crippen molar-refractivity contribution in [3.63, 3.8) is 0 Å². The molecule has 2 heterocycles. The first-order valence-corrected chi connectivity index (χ1v) is 9.32. The quantitative estimate of drug-likeness (QED) is 0.345. The number of halogens is 3. The van der Waals surface area contributed by atoms with E-state index in [0.717, 1.165) is 12.1 Å². The van der Waals surface area contributed by atoms with Gasteiger partial charge in [-0.05, 0) is 30.2 Å². The minimum absolute atomic E-state index is 0.0612. The first-order chi connectivity index (χ1) is 15.1. The Morgan fingerprint density at radius 3 is 2.41 bits per heavy atom. The van der Waals surface area contributed by atoms with Gasteiger partial charge < -0.3 is 19.9 Å². The highest BCUT2D eigenvalue weighted by Gasteiger charge is 2.54. The fourth-order valence-electron chi connectivity index (χ4n) is 3.12. The summed E-state index contributed by atoms with van der Waals surface area (Å²) in [5.41, 5.74) is 0.638. The molecule has 0 amide bonds. The summed E-state index contributed by atoms with van der Waals surface area (Å²) >= 11 is 0. The highest BCUT2D eigenvalue weighted by atomic mass is 19.4. The Morgan fingerprint density at radius 1 is 1.06 bits per heavy atom. The summed E-state index contributed by atoms with van der Waals surface area (Å²) in [5.74, 6) is -3.36. The van der Waals surface area contributed by atoms with Crippen LogP contribution in [0, 0.1) is 0 Å². The molecule has 0 aliphatic heterocycles. The highest BCUT2D eigenvalue weighted by molar-refractivity contribution is 5.76. The van der Waals surface area contributed by atoms with E-state index in [1.165, 1.54) is 12.1 Å². The van der Waals surface area contributed by atoms with Gasteiger partial charge in [0.1, 0.15) is 11.6 Å². The van der Waals surface area contributed by atoms with Crippen molar-refractivity contribution in [1.29, 1.82) is 0 Å². The third-order valence-electron chi connectivity index (χ3n) is 4.75. The van der Waals surface area contributed by atoms with E-state index in [0.29, 0.717) is 29.0 Å². The second-order valence-electron chi connectivity index (χ2n) is 6.81. The minimum Gasteiger partial charge on any atom is -0.493 e. The fourth-order valence-corrected chi connectivity index (χ4v) is 3.12. The summed E-state index contributed by atoms with van der Waals surface area (Å²) in [4.78, 5) is 19.1. The van der Waals surface area contributed by atoms with E-state index in [9.17, 15) is 28.2 Å². The third kappa shape index (κ3) is 3.69. The number of fused-ring (bicyclic) bond motifs is 1. The second-order valence-corrected chi connectivity index (χ2v) is 6.81. The van der Waals surface area contributed by atoms with Crippen molar-refractivity contribution in [3.8, 4) is 28.3 Å². The lowest BCUT2D eigenvalue weighted by Gasteiger charge is -2.24. The number of nitrogens with zero attached hydrogens (tertiary/aromatic N) is 3. The maximum Gasteiger partial charge on any atom is 0.447 e. The van der Waals surface area contributed by atoms with E-state index >= 15 is 0 Å². The molecular weight excluding hydrogens is 431 g/mol. The summed E-state index contributed by atoms with van der Waals surface area (Å²) in [6, 6.07) is 9.56. The first kappa shape index (κ1) is 21.5. The van der Waals surface area contributed by atoms with Crippen LogP contribution < -0.4 is 10.3 Å². The summed E-state index contributed by atoms with van der Waals surface area (Å²) in [6.45, 7) is 2.07. The molecule has 4 N–H and O–H groups in total. The van der Waals surface area contributed by atoms with Gasteiger partial charge in [0.15, 0.2) is 11.2 Å². The Kier molecular flexibility index (Phi) is 5.18. The zero-order valence-corrected chi connectivity index (χ0v) is 16.4. The SMILES string of the molecule is CCOc1cc(-c2ccc(C(O)(O)C(F)(F)F)cc2)ccc1-c1nc2[nH]nnc2c(=O)[nH]1. The number of alkyl halides is 3. The number of rotatable bonds is 5. The summed E-state index contributed by atoms with van der Waals surface area (Å²) in [6.07, 6.45) is -5.24. The lowest BCUT2D eigenvalue weighted by Crippen LogP contribution is -2.41. The predicted octanol–water partition coefficient (Wildman–Crippen LogP) is 2.47. The molecule has 4 rings (SSSR count). The van der Waals surface area contributed by atoms with Crippen molar-refractivity contribution in [2.75, 3.05) is 6.61 Å². The zero-order valence-electron chi connectivity index (χ0n) is 16.4. The minimum atomic E-state index is -5.24. The van der Waals surface area contributed by atoms with Gasteiger partial charge in [-0.15, -0.1) is 5.10 Å². The highest BCUT2D eigenvalue weighted by Crippen LogP contribution is 2.38. The smallest absolute Gasteiger partial charge is 0.447 e. The number of aromatic nitrogens is 5. The fraction of sp³-hybridized carbons (Fsp3) is 0.200. The number of nitrogens with one attached hydrogen (secondary N) is 2. The third-order valence-corrected chi connectivity index (χ3v) is 4.75. The second kappa shape index (κ2) is 7.73. The molecule has 0 radical (unpaired) electrons. The van der Waals surface area contributed by atoms with Crippen molar-refractivity contribution < 1.29 is 28.1 Å². The summed E-state index contributed by atoms with van der Waals surface area (Å²) in [5, 5.41) is 28.6. The van der Waals surface area contributed by atoms with Gasteiger partial charge in [-0.25, -0.2) is 10.1 Å². The molecule has 0 saturated carbocycles. The Morgan fingerprint density at radius 2 is 1.75 bits per heavy atom. The summed E-state index contributed by atoms with van der Waals surface area (Å²) < 4.78 is 44.2. The van der Waals surface area contributed by atoms with Crippen molar-refractivity contribution in [3.05, 3.63) is 58.4 Å². The van der Waals surface area contributed by atoms with Gasteiger partial charge in [0.2, 0.25) is 0 Å². The lowest BCUT2D eigenvalue weighted by atomic mass is 9.98. The van der Waals surface area contributed by atoms with E-state index in [4.69, 9.17) is 4.74 Å². The number of H-pyrrole nitrogens is 2. The van der Waals surface area contributed by atoms with Gasteiger partial charge in [0, 0.05) is 5.56 Å². The van der Waals surface area contributed by atoms with Crippen molar-refractivity contribution in [2.45, 2.75) is 18.9 Å². The maximum absolute atomic E-state index is 12.8. The molecule has 0 aliphatic carbocycles. The molecule has 12 heteroatoms. The predicted molar refractivity (Wildman–Crippen MR) is 107 cm³/mol. The van der Waals surface area contributed by atoms with Crippen molar-refractivity contribution >= 4 is 11.2 Å². The number of hydrogen-bond acceptors (Lipinski definition) is 7. The average Bonchev–Trinajstić information content (AvgIpc) is 3.22. The molecule has 0 fully saturated rings.